The van der Waals surface area contributed by atoms with Gasteiger partial charge >= 0.3 is 0 Å². The second kappa shape index (κ2) is 8.56. The summed E-state index contributed by atoms with van der Waals surface area (Å²) in [5.74, 6) is -0.560. The summed E-state index contributed by atoms with van der Waals surface area (Å²) in [5.41, 5.74) is 3.01. The lowest BCUT2D eigenvalue weighted by molar-refractivity contribution is -0.133. The van der Waals surface area contributed by atoms with E-state index in [0.717, 1.165) is 9.13 Å². The van der Waals surface area contributed by atoms with Crippen LogP contribution in [0.15, 0.2) is 59.5 Å². The molecule has 24 heavy (non-hydrogen) atoms. The largest absolute Gasteiger partial charge is 0.277 e. The fourth-order valence-electron chi connectivity index (χ4n) is 2.08. The number of amides is 1. The van der Waals surface area contributed by atoms with Gasteiger partial charge in [-0.3, -0.25) is 9.63 Å². The van der Waals surface area contributed by atoms with E-state index >= 15 is 0 Å². The average molecular weight is 460 g/mol. The van der Waals surface area contributed by atoms with Crippen LogP contribution in [0.1, 0.15) is 5.56 Å². The van der Waals surface area contributed by atoms with Crippen molar-refractivity contribution < 1.29 is 18.0 Å². The van der Waals surface area contributed by atoms with E-state index in [4.69, 9.17) is 0 Å². The van der Waals surface area contributed by atoms with Crippen LogP contribution in [0, 0.1) is 3.57 Å². The molecule has 0 fully saturated rings. The van der Waals surface area contributed by atoms with E-state index in [1.807, 2.05) is 30.3 Å². The summed E-state index contributed by atoms with van der Waals surface area (Å²) >= 11 is 2.09. The van der Waals surface area contributed by atoms with Gasteiger partial charge in [0.15, 0.2) is 0 Å². The van der Waals surface area contributed by atoms with Crippen LogP contribution in [0.3, 0.4) is 0 Å². The molecule has 2 aromatic rings. The third-order valence-corrected chi connectivity index (χ3v) is 5.43. The van der Waals surface area contributed by atoms with Gasteiger partial charge in [0.05, 0.1) is 12.0 Å². The second-order valence-electron chi connectivity index (χ2n) is 4.99. The van der Waals surface area contributed by atoms with Crippen molar-refractivity contribution in [2.45, 2.75) is 17.4 Å². The van der Waals surface area contributed by atoms with E-state index in [1.54, 1.807) is 12.1 Å². The van der Waals surface area contributed by atoms with Crippen molar-refractivity contribution in [2.75, 3.05) is 7.11 Å². The normalized spacial score (nSPS) is 12.6. The summed E-state index contributed by atoms with van der Waals surface area (Å²) in [6.45, 7) is 0. The van der Waals surface area contributed by atoms with E-state index in [0.29, 0.717) is 0 Å². The highest BCUT2D eigenvalue weighted by Gasteiger charge is 2.26. The van der Waals surface area contributed by atoms with Crippen LogP contribution in [-0.2, 0) is 26.1 Å². The predicted octanol–water partition coefficient (Wildman–Crippen LogP) is 1.86. The quantitative estimate of drug-likeness (QED) is 0.488. The van der Waals surface area contributed by atoms with Gasteiger partial charge in [0, 0.05) is 3.57 Å². The van der Waals surface area contributed by atoms with Crippen LogP contribution in [0.2, 0.25) is 0 Å². The second-order valence-corrected chi connectivity index (χ2v) is 7.95. The first-order chi connectivity index (χ1) is 11.4. The Hall–Kier alpha value is -1.49. The molecule has 0 aliphatic heterocycles. The van der Waals surface area contributed by atoms with E-state index in [-0.39, 0.29) is 11.3 Å². The molecule has 0 aliphatic carbocycles. The average Bonchev–Trinajstić information content (AvgIpc) is 2.55. The van der Waals surface area contributed by atoms with Gasteiger partial charge in [-0.2, -0.15) is 4.72 Å². The maximum Gasteiger partial charge on any atom is 0.262 e. The molecule has 128 valence electrons. The van der Waals surface area contributed by atoms with Crippen molar-refractivity contribution in [3.05, 3.63) is 63.7 Å². The van der Waals surface area contributed by atoms with Gasteiger partial charge in [-0.25, -0.2) is 13.9 Å². The number of carbonyl (C=O) groups is 1. The van der Waals surface area contributed by atoms with Crippen LogP contribution in [-0.4, -0.2) is 27.5 Å². The molecule has 1 unspecified atom stereocenters. The first-order valence-corrected chi connectivity index (χ1v) is 9.63. The molecule has 0 aliphatic rings. The Morgan fingerprint density at radius 2 is 1.75 bits per heavy atom. The molecule has 0 radical (unpaired) electrons. The first-order valence-electron chi connectivity index (χ1n) is 7.07. The van der Waals surface area contributed by atoms with Crippen molar-refractivity contribution in [1.82, 2.24) is 10.2 Å². The molecule has 2 aromatic carbocycles. The van der Waals surface area contributed by atoms with Crippen LogP contribution < -0.4 is 10.2 Å². The fourth-order valence-corrected chi connectivity index (χ4v) is 3.63. The Labute approximate surface area is 154 Å². The van der Waals surface area contributed by atoms with Crippen molar-refractivity contribution >= 4 is 38.5 Å². The SMILES string of the molecule is CONC(=O)C(Cc1ccccc1)NS(=O)(=O)c1ccc(I)cc1. The summed E-state index contributed by atoms with van der Waals surface area (Å²) in [6, 6.07) is 14.5. The minimum absolute atomic E-state index is 0.103. The van der Waals surface area contributed by atoms with Gasteiger partial charge in [0.2, 0.25) is 10.0 Å². The predicted molar refractivity (Wildman–Crippen MR) is 98.6 cm³/mol. The van der Waals surface area contributed by atoms with Crippen molar-refractivity contribution in [3.63, 3.8) is 0 Å². The number of hydrogen-bond acceptors (Lipinski definition) is 4. The molecule has 1 amide bonds. The fraction of sp³-hybridized carbons (Fsp3) is 0.188. The van der Waals surface area contributed by atoms with E-state index in [2.05, 4.69) is 37.6 Å². The monoisotopic (exact) mass is 460 g/mol. The minimum Gasteiger partial charge on any atom is -0.277 e. The summed E-state index contributed by atoms with van der Waals surface area (Å²) in [4.78, 5) is 16.9. The van der Waals surface area contributed by atoms with E-state index in [1.165, 1.54) is 19.2 Å². The highest BCUT2D eigenvalue weighted by molar-refractivity contribution is 14.1. The van der Waals surface area contributed by atoms with Gasteiger partial charge in [-0.1, -0.05) is 30.3 Å². The number of sulfonamides is 1. The van der Waals surface area contributed by atoms with Crippen LogP contribution in [0.5, 0.6) is 0 Å². The zero-order valence-corrected chi connectivity index (χ0v) is 15.9. The number of hydroxylamine groups is 1. The molecule has 1 atom stereocenters. The van der Waals surface area contributed by atoms with Crippen molar-refractivity contribution in [2.24, 2.45) is 0 Å². The van der Waals surface area contributed by atoms with Crippen LogP contribution >= 0.6 is 22.6 Å². The molecule has 0 saturated carbocycles. The summed E-state index contributed by atoms with van der Waals surface area (Å²) in [7, 11) is -2.53. The van der Waals surface area contributed by atoms with Gasteiger partial charge in [0.25, 0.3) is 5.91 Å². The Bertz CT molecular complexity index is 779. The van der Waals surface area contributed by atoms with Gasteiger partial charge in [-0.15, -0.1) is 0 Å². The number of benzene rings is 2. The molecule has 0 spiro atoms. The zero-order chi connectivity index (χ0) is 17.6. The lowest BCUT2D eigenvalue weighted by Crippen LogP contribution is -2.47. The third-order valence-electron chi connectivity index (χ3n) is 3.22. The van der Waals surface area contributed by atoms with Crippen molar-refractivity contribution in [3.8, 4) is 0 Å². The smallest absolute Gasteiger partial charge is 0.262 e. The molecular weight excluding hydrogens is 443 g/mol. The molecule has 0 heterocycles. The molecule has 6 nitrogen and oxygen atoms in total. The lowest BCUT2D eigenvalue weighted by atomic mass is 10.1. The minimum atomic E-state index is -3.83. The Kier molecular flexibility index (Phi) is 6.72. The maximum atomic E-state index is 12.5. The molecule has 8 heteroatoms. The van der Waals surface area contributed by atoms with E-state index in [9.17, 15) is 13.2 Å². The summed E-state index contributed by atoms with van der Waals surface area (Å²) < 4.78 is 28.4. The molecule has 2 N–H and O–H groups in total. The molecule has 0 saturated heterocycles. The number of halogens is 1. The van der Waals surface area contributed by atoms with E-state index < -0.39 is 22.0 Å². The zero-order valence-electron chi connectivity index (χ0n) is 12.9. The van der Waals surface area contributed by atoms with Crippen LogP contribution in [0.25, 0.3) is 0 Å². The Balaban J connectivity index is 2.23. The van der Waals surface area contributed by atoms with Gasteiger partial charge in [0.1, 0.15) is 6.04 Å². The molecule has 2 rings (SSSR count). The molecule has 0 bridgehead atoms. The maximum absolute atomic E-state index is 12.5. The third kappa shape index (κ3) is 5.26. The Morgan fingerprint density at radius 1 is 1.12 bits per heavy atom. The topological polar surface area (TPSA) is 84.5 Å². The van der Waals surface area contributed by atoms with Gasteiger partial charge in [-0.05, 0) is 58.8 Å². The van der Waals surface area contributed by atoms with Gasteiger partial charge < -0.3 is 0 Å². The standard InChI is InChI=1S/C16H17IN2O4S/c1-23-18-16(20)15(11-12-5-3-2-4-6-12)19-24(21,22)14-9-7-13(17)8-10-14/h2-10,15,19H,11H2,1H3,(H,18,20). The number of hydrogen-bond donors (Lipinski definition) is 2. The number of nitrogens with one attached hydrogen (secondary N) is 2. The highest BCUT2D eigenvalue weighted by Crippen LogP contribution is 2.13. The number of rotatable bonds is 7. The first kappa shape index (κ1) is 18.8. The highest BCUT2D eigenvalue weighted by atomic mass is 127. The number of carbonyl (C=O) groups excluding carboxylic acids is 1. The summed E-state index contributed by atoms with van der Waals surface area (Å²) in [5, 5.41) is 0. The molecule has 0 aromatic heterocycles. The van der Waals surface area contributed by atoms with Crippen molar-refractivity contribution in [1.29, 1.82) is 0 Å². The summed E-state index contributed by atoms with van der Waals surface area (Å²) in [6.07, 6.45) is 0.208. The lowest BCUT2D eigenvalue weighted by Gasteiger charge is -2.18. The van der Waals surface area contributed by atoms with Crippen LogP contribution in [0.4, 0.5) is 0 Å². The molecular formula is C16H17IN2O4S. The Morgan fingerprint density at radius 3 is 2.33 bits per heavy atom.